The zero-order valence-corrected chi connectivity index (χ0v) is 10.1. The minimum Gasteiger partial charge on any atom is -0.374 e. The van der Waals surface area contributed by atoms with Gasteiger partial charge >= 0.3 is 0 Å². The zero-order chi connectivity index (χ0) is 11.1. The molecule has 0 bridgehead atoms. The Balaban J connectivity index is 2.33. The first-order valence-corrected chi connectivity index (χ1v) is 5.61. The van der Waals surface area contributed by atoms with Crippen LogP contribution >= 0.6 is 11.6 Å². The average Bonchev–Trinajstić information content (AvgIpc) is 2.25. The van der Waals surface area contributed by atoms with Crippen LogP contribution in [0, 0.1) is 0 Å². The number of benzene rings is 1. The maximum Gasteiger partial charge on any atom is 0.0734 e. The van der Waals surface area contributed by atoms with Crippen molar-refractivity contribution in [3.63, 3.8) is 0 Å². The summed E-state index contributed by atoms with van der Waals surface area (Å²) in [5, 5.41) is 3.88. The van der Waals surface area contributed by atoms with E-state index in [2.05, 4.69) is 12.2 Å². The average molecular weight is 228 g/mol. The van der Waals surface area contributed by atoms with E-state index in [1.807, 2.05) is 31.3 Å². The van der Waals surface area contributed by atoms with Crippen molar-refractivity contribution in [1.82, 2.24) is 5.32 Å². The molecule has 0 heterocycles. The van der Waals surface area contributed by atoms with Crippen molar-refractivity contribution in [3.8, 4) is 0 Å². The largest absolute Gasteiger partial charge is 0.374 e. The molecule has 0 aliphatic carbocycles. The van der Waals surface area contributed by atoms with E-state index >= 15 is 0 Å². The molecule has 1 N–H and O–H groups in total. The van der Waals surface area contributed by atoms with Gasteiger partial charge in [0.15, 0.2) is 0 Å². The Bertz CT molecular complexity index is 291. The maximum absolute atomic E-state index is 6.02. The van der Waals surface area contributed by atoms with Crippen molar-refractivity contribution in [2.75, 3.05) is 13.6 Å². The first-order valence-electron chi connectivity index (χ1n) is 5.23. The molecule has 0 aliphatic rings. The van der Waals surface area contributed by atoms with Crippen molar-refractivity contribution in [2.45, 2.75) is 26.1 Å². The summed E-state index contributed by atoms with van der Waals surface area (Å²) >= 11 is 6.02. The van der Waals surface area contributed by atoms with Crippen LogP contribution in [-0.4, -0.2) is 19.7 Å². The highest BCUT2D eigenvalue weighted by atomic mass is 35.5. The molecule has 0 saturated heterocycles. The molecular weight excluding hydrogens is 210 g/mol. The Labute approximate surface area is 96.6 Å². The predicted molar refractivity (Wildman–Crippen MR) is 64.2 cm³/mol. The highest BCUT2D eigenvalue weighted by molar-refractivity contribution is 6.31. The molecule has 84 valence electrons. The second kappa shape index (κ2) is 6.83. The molecule has 1 aromatic rings. The van der Waals surface area contributed by atoms with E-state index in [4.69, 9.17) is 16.3 Å². The van der Waals surface area contributed by atoms with Gasteiger partial charge in [-0.3, -0.25) is 0 Å². The van der Waals surface area contributed by atoms with Gasteiger partial charge in [0.2, 0.25) is 0 Å². The first kappa shape index (κ1) is 12.5. The maximum atomic E-state index is 6.02. The molecule has 15 heavy (non-hydrogen) atoms. The van der Waals surface area contributed by atoms with Crippen LogP contribution in [0.3, 0.4) is 0 Å². The molecular formula is C12H18ClNO. The summed E-state index contributed by atoms with van der Waals surface area (Å²) in [6.07, 6.45) is 1.27. The lowest BCUT2D eigenvalue weighted by Crippen LogP contribution is -2.17. The summed E-state index contributed by atoms with van der Waals surface area (Å²) in [5.74, 6) is 0. The Morgan fingerprint density at radius 1 is 1.40 bits per heavy atom. The Hall–Kier alpha value is -0.570. The highest BCUT2D eigenvalue weighted by Crippen LogP contribution is 2.16. The molecule has 0 aliphatic heterocycles. The summed E-state index contributed by atoms with van der Waals surface area (Å²) in [5.41, 5.74) is 1.05. The number of ether oxygens (including phenoxy) is 1. The van der Waals surface area contributed by atoms with E-state index in [0.717, 1.165) is 23.6 Å². The van der Waals surface area contributed by atoms with Gasteiger partial charge < -0.3 is 10.1 Å². The third-order valence-corrected chi connectivity index (χ3v) is 2.65. The van der Waals surface area contributed by atoms with Crippen LogP contribution in [0.1, 0.15) is 18.9 Å². The summed E-state index contributed by atoms with van der Waals surface area (Å²) in [4.78, 5) is 0. The van der Waals surface area contributed by atoms with E-state index in [9.17, 15) is 0 Å². The van der Waals surface area contributed by atoms with Crippen LogP contribution in [0.2, 0.25) is 5.02 Å². The minimum atomic E-state index is 0.258. The third kappa shape index (κ3) is 4.65. The van der Waals surface area contributed by atoms with Crippen LogP contribution in [-0.2, 0) is 11.3 Å². The molecule has 3 heteroatoms. The van der Waals surface area contributed by atoms with Crippen LogP contribution in [0.15, 0.2) is 24.3 Å². The van der Waals surface area contributed by atoms with E-state index in [0.29, 0.717) is 6.61 Å². The second-order valence-electron chi connectivity index (χ2n) is 3.61. The molecule has 0 fully saturated rings. The fourth-order valence-electron chi connectivity index (χ4n) is 1.28. The van der Waals surface area contributed by atoms with Gasteiger partial charge in [-0.05, 0) is 38.6 Å². The number of halogens is 1. The van der Waals surface area contributed by atoms with Gasteiger partial charge in [-0.2, -0.15) is 0 Å². The van der Waals surface area contributed by atoms with Crippen LogP contribution in [0.5, 0.6) is 0 Å². The van der Waals surface area contributed by atoms with Crippen LogP contribution in [0.4, 0.5) is 0 Å². The molecule has 0 amide bonds. The monoisotopic (exact) mass is 227 g/mol. The first-order chi connectivity index (χ1) is 7.24. The lowest BCUT2D eigenvalue weighted by atomic mass is 10.2. The van der Waals surface area contributed by atoms with Crippen molar-refractivity contribution in [2.24, 2.45) is 0 Å². The lowest BCUT2D eigenvalue weighted by molar-refractivity contribution is 0.0482. The Kier molecular flexibility index (Phi) is 5.69. The van der Waals surface area contributed by atoms with Gasteiger partial charge in [-0.1, -0.05) is 29.8 Å². The number of hydrogen-bond acceptors (Lipinski definition) is 2. The van der Waals surface area contributed by atoms with Gasteiger partial charge in [0.25, 0.3) is 0 Å². The van der Waals surface area contributed by atoms with Crippen molar-refractivity contribution < 1.29 is 4.74 Å². The second-order valence-corrected chi connectivity index (χ2v) is 4.01. The Morgan fingerprint density at radius 2 is 2.13 bits per heavy atom. The van der Waals surface area contributed by atoms with Crippen LogP contribution < -0.4 is 5.32 Å². The zero-order valence-electron chi connectivity index (χ0n) is 9.29. The number of hydrogen-bond donors (Lipinski definition) is 1. The number of rotatable bonds is 6. The topological polar surface area (TPSA) is 21.3 Å². The van der Waals surface area contributed by atoms with E-state index in [-0.39, 0.29) is 6.10 Å². The fourth-order valence-corrected chi connectivity index (χ4v) is 1.47. The SMILES string of the molecule is CNCCC(C)OCc1ccccc1Cl. The van der Waals surface area contributed by atoms with Crippen molar-refractivity contribution in [1.29, 1.82) is 0 Å². The minimum absolute atomic E-state index is 0.258. The van der Waals surface area contributed by atoms with Crippen molar-refractivity contribution in [3.05, 3.63) is 34.9 Å². The molecule has 0 aromatic heterocycles. The molecule has 0 radical (unpaired) electrons. The normalized spacial score (nSPS) is 12.7. The lowest BCUT2D eigenvalue weighted by Gasteiger charge is -2.13. The summed E-state index contributed by atoms with van der Waals surface area (Å²) in [6, 6.07) is 7.78. The molecule has 0 saturated carbocycles. The quantitative estimate of drug-likeness (QED) is 0.807. The molecule has 2 nitrogen and oxygen atoms in total. The predicted octanol–water partition coefficient (Wildman–Crippen LogP) is 2.85. The van der Waals surface area contributed by atoms with Gasteiger partial charge in [0, 0.05) is 5.02 Å². The summed E-state index contributed by atoms with van der Waals surface area (Å²) in [7, 11) is 1.95. The fraction of sp³-hybridized carbons (Fsp3) is 0.500. The highest BCUT2D eigenvalue weighted by Gasteiger charge is 2.03. The Morgan fingerprint density at radius 3 is 2.80 bits per heavy atom. The van der Waals surface area contributed by atoms with Gasteiger partial charge in [-0.25, -0.2) is 0 Å². The van der Waals surface area contributed by atoms with Gasteiger partial charge in [0.05, 0.1) is 12.7 Å². The summed E-state index contributed by atoms with van der Waals surface area (Å²) < 4.78 is 5.69. The standard InChI is InChI=1S/C12H18ClNO/c1-10(7-8-14-2)15-9-11-5-3-4-6-12(11)13/h3-6,10,14H,7-9H2,1-2H3. The van der Waals surface area contributed by atoms with E-state index in [1.165, 1.54) is 0 Å². The van der Waals surface area contributed by atoms with Crippen LogP contribution in [0.25, 0.3) is 0 Å². The molecule has 1 rings (SSSR count). The van der Waals surface area contributed by atoms with E-state index < -0.39 is 0 Å². The number of nitrogens with one attached hydrogen (secondary N) is 1. The smallest absolute Gasteiger partial charge is 0.0734 e. The van der Waals surface area contributed by atoms with Gasteiger partial charge in [-0.15, -0.1) is 0 Å². The third-order valence-electron chi connectivity index (χ3n) is 2.28. The molecule has 1 aromatic carbocycles. The van der Waals surface area contributed by atoms with Crippen molar-refractivity contribution >= 4 is 11.6 Å². The molecule has 1 unspecified atom stereocenters. The molecule has 0 spiro atoms. The van der Waals surface area contributed by atoms with Gasteiger partial charge in [0.1, 0.15) is 0 Å². The summed E-state index contributed by atoms with van der Waals surface area (Å²) in [6.45, 7) is 3.64. The van der Waals surface area contributed by atoms with E-state index in [1.54, 1.807) is 0 Å². The molecule has 1 atom stereocenters.